The zero-order chi connectivity index (χ0) is 19.7. The van der Waals surface area contributed by atoms with Crippen LogP contribution in [0.2, 0.25) is 0 Å². The molecule has 0 amide bonds. The van der Waals surface area contributed by atoms with Gasteiger partial charge in [0.25, 0.3) is 0 Å². The molecule has 0 saturated heterocycles. The van der Waals surface area contributed by atoms with E-state index in [1.165, 1.54) is 12.1 Å². The Labute approximate surface area is 154 Å². The van der Waals surface area contributed by atoms with Gasteiger partial charge in [0, 0.05) is 16.9 Å². The number of anilines is 2. The van der Waals surface area contributed by atoms with Crippen LogP contribution >= 0.6 is 0 Å². The van der Waals surface area contributed by atoms with Crippen LogP contribution in [0.3, 0.4) is 0 Å². The van der Waals surface area contributed by atoms with Gasteiger partial charge in [-0.2, -0.15) is 13.2 Å². The molecule has 0 aliphatic heterocycles. The van der Waals surface area contributed by atoms with Crippen molar-refractivity contribution in [1.82, 2.24) is 5.12 Å². The smallest absolute Gasteiger partial charge is 0.388 e. The van der Waals surface area contributed by atoms with Crippen LogP contribution in [0, 0.1) is 0 Å². The predicted octanol–water partition coefficient (Wildman–Crippen LogP) is 2.77. The number of benzene rings is 2. The number of hydrogen-bond acceptors (Lipinski definition) is 5. The molecule has 1 saturated carbocycles. The first-order valence-corrected chi connectivity index (χ1v) is 8.29. The Morgan fingerprint density at radius 3 is 2.37 bits per heavy atom. The van der Waals surface area contributed by atoms with Crippen molar-refractivity contribution < 1.29 is 18.3 Å². The molecule has 27 heavy (non-hydrogen) atoms. The molecule has 1 aliphatic carbocycles. The molecular formula is C18H20F3N5O. The minimum atomic E-state index is -4.39. The third-order valence-corrected chi connectivity index (χ3v) is 4.21. The van der Waals surface area contributed by atoms with Crippen LogP contribution in [0.1, 0.15) is 24.0 Å². The molecule has 0 spiro atoms. The van der Waals surface area contributed by atoms with Gasteiger partial charge in [0.15, 0.2) is 5.84 Å². The van der Waals surface area contributed by atoms with Crippen LogP contribution in [-0.2, 0) is 6.18 Å². The quantitative estimate of drug-likeness (QED) is 0.268. The maximum absolute atomic E-state index is 12.7. The fourth-order valence-electron chi connectivity index (χ4n) is 2.55. The molecule has 2 aromatic rings. The molecule has 0 aromatic heterocycles. The van der Waals surface area contributed by atoms with Gasteiger partial charge in [0.2, 0.25) is 0 Å². The highest BCUT2D eigenvalue weighted by molar-refractivity contribution is 6.02. The first-order valence-electron chi connectivity index (χ1n) is 8.29. The van der Waals surface area contributed by atoms with Gasteiger partial charge in [-0.25, -0.2) is 11.0 Å². The molecule has 3 rings (SSSR count). The highest BCUT2D eigenvalue weighted by Crippen LogP contribution is 2.35. The number of hydrazine groups is 1. The number of nitrogens with two attached hydrogens (primary N) is 2. The van der Waals surface area contributed by atoms with Crippen LogP contribution in [0.4, 0.5) is 24.5 Å². The second kappa shape index (κ2) is 7.09. The molecule has 0 radical (unpaired) electrons. The van der Waals surface area contributed by atoms with Crippen LogP contribution < -0.4 is 16.9 Å². The zero-order valence-corrected chi connectivity index (χ0v) is 14.4. The first kappa shape index (κ1) is 19.0. The molecule has 0 atom stereocenters. The van der Waals surface area contributed by atoms with Crippen LogP contribution in [0.25, 0.3) is 0 Å². The Kier molecular flexibility index (Phi) is 4.99. The monoisotopic (exact) mass is 379 g/mol. The van der Waals surface area contributed by atoms with Crippen molar-refractivity contribution in [3.8, 4) is 0 Å². The number of halogens is 3. The lowest BCUT2D eigenvalue weighted by Gasteiger charge is -2.18. The van der Waals surface area contributed by atoms with Gasteiger partial charge < -0.3 is 16.2 Å². The van der Waals surface area contributed by atoms with E-state index in [2.05, 4.69) is 10.4 Å². The molecule has 1 fully saturated rings. The SMILES string of the molecule is N/C(=N\N(N)CC1(O)CC1)c1ccccc1Nc1ccc(C(F)(F)F)cc1. The highest BCUT2D eigenvalue weighted by atomic mass is 19.4. The van der Waals surface area contributed by atoms with Gasteiger partial charge in [-0.15, -0.1) is 5.10 Å². The molecular weight excluding hydrogens is 359 g/mol. The maximum atomic E-state index is 12.7. The normalized spacial score (nSPS) is 16.1. The van der Waals surface area contributed by atoms with Crippen molar-refractivity contribution in [2.24, 2.45) is 16.7 Å². The lowest BCUT2D eigenvalue weighted by atomic mass is 10.1. The first-order chi connectivity index (χ1) is 12.7. The largest absolute Gasteiger partial charge is 0.416 e. The topological polar surface area (TPSA) is 99.9 Å². The van der Waals surface area contributed by atoms with Crippen molar-refractivity contribution >= 4 is 17.2 Å². The predicted molar refractivity (Wildman–Crippen MR) is 97.0 cm³/mol. The van der Waals surface area contributed by atoms with Gasteiger partial charge in [0.1, 0.15) is 0 Å². The van der Waals surface area contributed by atoms with Gasteiger partial charge in [-0.1, -0.05) is 12.1 Å². The summed E-state index contributed by atoms with van der Waals surface area (Å²) in [6.07, 6.45) is -3.05. The van der Waals surface area contributed by atoms with Gasteiger partial charge in [0.05, 0.1) is 17.7 Å². The number of hydrogen-bond donors (Lipinski definition) is 4. The summed E-state index contributed by atoms with van der Waals surface area (Å²) in [7, 11) is 0. The lowest BCUT2D eigenvalue weighted by Crippen LogP contribution is -2.37. The van der Waals surface area contributed by atoms with E-state index in [0.29, 0.717) is 29.8 Å². The molecule has 0 bridgehead atoms. The van der Waals surface area contributed by atoms with Crippen molar-refractivity contribution in [3.63, 3.8) is 0 Å². The van der Waals surface area contributed by atoms with Crippen LogP contribution in [0.5, 0.6) is 0 Å². The third-order valence-electron chi connectivity index (χ3n) is 4.21. The number of rotatable bonds is 6. The second-order valence-electron chi connectivity index (χ2n) is 6.55. The Balaban J connectivity index is 1.77. The van der Waals surface area contributed by atoms with Crippen LogP contribution in [0.15, 0.2) is 53.6 Å². The lowest BCUT2D eigenvalue weighted by molar-refractivity contribution is -0.137. The summed E-state index contributed by atoms with van der Waals surface area (Å²) in [6.45, 7) is 0.169. The van der Waals surface area contributed by atoms with Gasteiger partial charge >= 0.3 is 6.18 Å². The van der Waals surface area contributed by atoms with Crippen molar-refractivity contribution in [2.45, 2.75) is 24.6 Å². The summed E-state index contributed by atoms with van der Waals surface area (Å²) >= 11 is 0. The molecule has 0 heterocycles. The minimum Gasteiger partial charge on any atom is -0.388 e. The molecule has 9 heteroatoms. The summed E-state index contributed by atoms with van der Waals surface area (Å²) in [5.74, 6) is 5.90. The molecule has 6 N–H and O–H groups in total. The summed E-state index contributed by atoms with van der Waals surface area (Å²) < 4.78 is 38.0. The number of alkyl halides is 3. The number of nitrogens with zero attached hydrogens (tertiary/aromatic N) is 2. The molecule has 1 aliphatic rings. The zero-order valence-electron chi connectivity index (χ0n) is 14.4. The number of hydrazone groups is 1. The maximum Gasteiger partial charge on any atom is 0.416 e. The van der Waals surface area contributed by atoms with Crippen LogP contribution in [-0.4, -0.2) is 28.2 Å². The summed E-state index contributed by atoms with van der Waals surface area (Å²) in [6, 6.07) is 11.6. The Bertz CT molecular complexity index is 832. The standard InChI is InChI=1S/C18H20F3N5O/c19-18(20,21)12-5-7-13(8-6-12)24-15-4-2-1-3-14(15)16(22)25-26(23)11-17(27)9-10-17/h1-8,24,27H,9-11,23H2,(H2,22,25). The average Bonchev–Trinajstić information content (AvgIpc) is 3.31. The molecule has 144 valence electrons. The summed E-state index contributed by atoms with van der Waals surface area (Å²) in [5.41, 5.74) is 6.07. The Morgan fingerprint density at radius 1 is 1.15 bits per heavy atom. The van der Waals surface area contributed by atoms with E-state index < -0.39 is 17.3 Å². The third kappa shape index (κ3) is 4.89. The fraction of sp³-hybridized carbons (Fsp3) is 0.278. The highest BCUT2D eigenvalue weighted by Gasteiger charge is 2.41. The summed E-state index contributed by atoms with van der Waals surface area (Å²) in [5, 5.41) is 18.1. The minimum absolute atomic E-state index is 0.122. The number of aliphatic hydroxyl groups is 1. The fourth-order valence-corrected chi connectivity index (χ4v) is 2.55. The van der Waals surface area contributed by atoms with E-state index in [0.717, 1.165) is 17.3 Å². The van der Waals surface area contributed by atoms with Gasteiger partial charge in [-0.05, 0) is 49.2 Å². The van der Waals surface area contributed by atoms with Crippen molar-refractivity contribution in [2.75, 3.05) is 11.9 Å². The summed E-state index contributed by atoms with van der Waals surface area (Å²) in [4.78, 5) is 0. The van der Waals surface area contributed by atoms with E-state index in [1.54, 1.807) is 24.3 Å². The Hall–Kier alpha value is -2.78. The van der Waals surface area contributed by atoms with Gasteiger partial charge in [-0.3, -0.25) is 0 Å². The second-order valence-corrected chi connectivity index (χ2v) is 6.55. The number of amidine groups is 1. The number of para-hydroxylation sites is 1. The van der Waals surface area contributed by atoms with E-state index in [4.69, 9.17) is 11.6 Å². The van der Waals surface area contributed by atoms with E-state index >= 15 is 0 Å². The van der Waals surface area contributed by atoms with E-state index in [-0.39, 0.29) is 12.4 Å². The van der Waals surface area contributed by atoms with Crippen molar-refractivity contribution in [3.05, 3.63) is 59.7 Å². The van der Waals surface area contributed by atoms with E-state index in [1.807, 2.05) is 0 Å². The Morgan fingerprint density at radius 2 is 1.78 bits per heavy atom. The van der Waals surface area contributed by atoms with E-state index in [9.17, 15) is 18.3 Å². The van der Waals surface area contributed by atoms with Crippen molar-refractivity contribution in [1.29, 1.82) is 0 Å². The molecule has 6 nitrogen and oxygen atoms in total. The average molecular weight is 379 g/mol. The number of nitrogens with one attached hydrogen (secondary N) is 1. The molecule has 0 unspecified atom stereocenters. The molecule has 2 aromatic carbocycles.